The number of hydrogen-bond donors (Lipinski definition) is 1. The van der Waals surface area contributed by atoms with Crippen molar-refractivity contribution in [3.05, 3.63) is 0 Å². The fraction of sp³-hybridized carbons (Fsp3) is 1.00. The van der Waals surface area contributed by atoms with Crippen molar-refractivity contribution in [3.63, 3.8) is 0 Å². The first-order valence-electron chi connectivity index (χ1n) is 6.35. The van der Waals surface area contributed by atoms with Gasteiger partial charge in [-0.2, -0.15) is 0 Å². The van der Waals surface area contributed by atoms with Gasteiger partial charge in [0, 0.05) is 12.1 Å². The summed E-state index contributed by atoms with van der Waals surface area (Å²) in [5.74, 6) is 3.76. The largest absolute Gasteiger partial charge is 0.311 e. The van der Waals surface area contributed by atoms with Gasteiger partial charge in [0.05, 0.1) is 0 Å². The Labute approximate surface area is 88.7 Å². The van der Waals surface area contributed by atoms with Gasteiger partial charge in [-0.05, 0) is 49.9 Å². The maximum absolute atomic E-state index is 3.85. The Bertz CT molecular complexity index is 201. The second kappa shape index (κ2) is 3.84. The lowest BCUT2D eigenvalue weighted by atomic mass is 9.97. The van der Waals surface area contributed by atoms with Crippen LogP contribution in [0.2, 0.25) is 0 Å². The Hall–Kier alpha value is -0.0400. The molecule has 0 spiro atoms. The molecule has 0 bridgehead atoms. The van der Waals surface area contributed by atoms with Crippen LogP contribution in [-0.4, -0.2) is 12.1 Å². The van der Waals surface area contributed by atoms with E-state index in [1.807, 2.05) is 0 Å². The summed E-state index contributed by atoms with van der Waals surface area (Å²) in [6.07, 6.45) is 4.27. The minimum atomic E-state index is 0.753. The van der Waals surface area contributed by atoms with Crippen LogP contribution in [0.25, 0.3) is 0 Å². The molecule has 2 aliphatic carbocycles. The quantitative estimate of drug-likeness (QED) is 0.730. The van der Waals surface area contributed by atoms with Crippen LogP contribution in [0, 0.1) is 23.7 Å². The van der Waals surface area contributed by atoms with Crippen molar-refractivity contribution in [2.45, 2.75) is 59.0 Å². The highest BCUT2D eigenvalue weighted by atomic mass is 15.0. The first kappa shape index (κ1) is 10.5. The lowest BCUT2D eigenvalue weighted by molar-refractivity contribution is 0.327. The highest BCUT2D eigenvalue weighted by Gasteiger charge is 2.39. The summed E-state index contributed by atoms with van der Waals surface area (Å²) >= 11 is 0. The van der Waals surface area contributed by atoms with E-state index >= 15 is 0 Å². The van der Waals surface area contributed by atoms with Gasteiger partial charge in [0.15, 0.2) is 0 Å². The summed E-state index contributed by atoms with van der Waals surface area (Å²) in [6, 6.07) is 1.55. The van der Waals surface area contributed by atoms with E-state index in [-0.39, 0.29) is 0 Å². The molecular weight excluding hydrogens is 170 g/mol. The van der Waals surface area contributed by atoms with E-state index in [2.05, 4.69) is 33.0 Å². The molecule has 2 fully saturated rings. The van der Waals surface area contributed by atoms with Crippen LogP contribution in [0.3, 0.4) is 0 Å². The molecular formula is C13H25N. The summed E-state index contributed by atoms with van der Waals surface area (Å²) in [5, 5.41) is 3.85. The molecule has 0 amide bonds. The highest BCUT2D eigenvalue weighted by Crippen LogP contribution is 2.41. The minimum Gasteiger partial charge on any atom is -0.311 e. The fourth-order valence-corrected chi connectivity index (χ4v) is 3.11. The van der Waals surface area contributed by atoms with Crippen molar-refractivity contribution < 1.29 is 0 Å². The molecule has 0 aromatic carbocycles. The average Bonchev–Trinajstić information content (AvgIpc) is 2.80. The van der Waals surface area contributed by atoms with Gasteiger partial charge in [-0.3, -0.25) is 0 Å². The Morgan fingerprint density at radius 2 is 1.71 bits per heavy atom. The predicted octanol–water partition coefficient (Wildman–Crippen LogP) is 3.06. The van der Waals surface area contributed by atoms with Gasteiger partial charge < -0.3 is 5.32 Å². The molecule has 6 unspecified atom stereocenters. The van der Waals surface area contributed by atoms with Crippen LogP contribution in [0.5, 0.6) is 0 Å². The van der Waals surface area contributed by atoms with Crippen LogP contribution in [0.1, 0.15) is 47.0 Å². The van der Waals surface area contributed by atoms with Crippen LogP contribution in [0.4, 0.5) is 0 Å². The topological polar surface area (TPSA) is 12.0 Å². The van der Waals surface area contributed by atoms with Crippen LogP contribution >= 0.6 is 0 Å². The molecule has 1 nitrogen and oxygen atoms in total. The third-order valence-corrected chi connectivity index (χ3v) is 4.76. The SMILES string of the molecule is CC1CCC(NC(C)C2CC2C)C1C. The maximum atomic E-state index is 3.85. The summed E-state index contributed by atoms with van der Waals surface area (Å²) in [7, 11) is 0. The molecule has 6 atom stereocenters. The Morgan fingerprint density at radius 3 is 2.14 bits per heavy atom. The lowest BCUT2D eigenvalue weighted by Crippen LogP contribution is -2.40. The molecule has 2 rings (SSSR count). The highest BCUT2D eigenvalue weighted by molar-refractivity contribution is 4.94. The maximum Gasteiger partial charge on any atom is 0.00979 e. The summed E-state index contributed by atoms with van der Waals surface area (Å²) < 4.78 is 0. The number of nitrogens with one attached hydrogen (secondary N) is 1. The van der Waals surface area contributed by atoms with Gasteiger partial charge in [-0.1, -0.05) is 20.8 Å². The molecule has 0 heterocycles. The minimum absolute atomic E-state index is 0.753. The summed E-state index contributed by atoms with van der Waals surface area (Å²) in [5.41, 5.74) is 0. The van der Waals surface area contributed by atoms with Gasteiger partial charge in [0.25, 0.3) is 0 Å². The molecule has 0 aliphatic heterocycles. The molecule has 0 aromatic heterocycles. The van der Waals surface area contributed by atoms with Crippen LogP contribution in [-0.2, 0) is 0 Å². The van der Waals surface area contributed by atoms with Gasteiger partial charge in [0.1, 0.15) is 0 Å². The first-order valence-corrected chi connectivity index (χ1v) is 6.35. The van der Waals surface area contributed by atoms with Crippen molar-refractivity contribution in [3.8, 4) is 0 Å². The normalized spacial score (nSPS) is 49.3. The molecule has 1 N–H and O–H groups in total. The molecule has 0 saturated heterocycles. The van der Waals surface area contributed by atoms with Crippen molar-refractivity contribution in [2.24, 2.45) is 23.7 Å². The second-order valence-corrected chi connectivity index (χ2v) is 5.85. The number of rotatable bonds is 3. The zero-order valence-electron chi connectivity index (χ0n) is 10.1. The van der Waals surface area contributed by atoms with Crippen LogP contribution < -0.4 is 5.32 Å². The second-order valence-electron chi connectivity index (χ2n) is 5.85. The van der Waals surface area contributed by atoms with E-state index in [0.717, 1.165) is 35.8 Å². The summed E-state index contributed by atoms with van der Waals surface area (Å²) in [6.45, 7) is 9.57. The summed E-state index contributed by atoms with van der Waals surface area (Å²) in [4.78, 5) is 0. The van der Waals surface area contributed by atoms with Gasteiger partial charge in [-0.15, -0.1) is 0 Å². The van der Waals surface area contributed by atoms with Gasteiger partial charge in [0.2, 0.25) is 0 Å². The Kier molecular flexibility index (Phi) is 2.88. The van der Waals surface area contributed by atoms with Crippen molar-refractivity contribution in [1.82, 2.24) is 5.32 Å². The molecule has 2 saturated carbocycles. The smallest absolute Gasteiger partial charge is 0.00979 e. The average molecular weight is 195 g/mol. The fourth-order valence-electron chi connectivity index (χ4n) is 3.11. The van der Waals surface area contributed by atoms with Gasteiger partial charge >= 0.3 is 0 Å². The first-order chi connectivity index (χ1) is 6.59. The Balaban J connectivity index is 1.80. The lowest BCUT2D eigenvalue weighted by Gasteiger charge is -2.24. The van der Waals surface area contributed by atoms with Crippen molar-refractivity contribution >= 4 is 0 Å². The van der Waals surface area contributed by atoms with Crippen molar-refractivity contribution in [2.75, 3.05) is 0 Å². The van der Waals surface area contributed by atoms with E-state index < -0.39 is 0 Å². The predicted molar refractivity (Wildman–Crippen MR) is 61.2 cm³/mol. The zero-order valence-corrected chi connectivity index (χ0v) is 10.1. The van der Waals surface area contributed by atoms with E-state index in [9.17, 15) is 0 Å². The third-order valence-electron chi connectivity index (χ3n) is 4.76. The molecule has 2 aliphatic rings. The standard InChI is InChI=1S/C13H25N/c1-8-5-6-13(10(8)3)14-11(4)12-7-9(12)2/h8-14H,5-7H2,1-4H3. The zero-order chi connectivity index (χ0) is 10.3. The van der Waals surface area contributed by atoms with E-state index in [1.54, 1.807) is 0 Å². The van der Waals surface area contributed by atoms with Gasteiger partial charge in [-0.25, -0.2) is 0 Å². The van der Waals surface area contributed by atoms with Crippen molar-refractivity contribution in [1.29, 1.82) is 0 Å². The molecule has 0 aromatic rings. The number of hydrogen-bond acceptors (Lipinski definition) is 1. The molecule has 0 radical (unpaired) electrons. The van der Waals surface area contributed by atoms with E-state index in [0.29, 0.717) is 0 Å². The van der Waals surface area contributed by atoms with E-state index in [4.69, 9.17) is 0 Å². The third kappa shape index (κ3) is 1.98. The monoisotopic (exact) mass is 195 g/mol. The van der Waals surface area contributed by atoms with Crippen LogP contribution in [0.15, 0.2) is 0 Å². The molecule has 82 valence electrons. The Morgan fingerprint density at radius 1 is 1.07 bits per heavy atom. The molecule has 1 heteroatoms. The molecule has 14 heavy (non-hydrogen) atoms. The van der Waals surface area contributed by atoms with E-state index in [1.165, 1.54) is 19.3 Å².